The van der Waals surface area contributed by atoms with Crippen LogP contribution in [0.25, 0.3) is 0 Å². The van der Waals surface area contributed by atoms with E-state index in [0.29, 0.717) is 12.9 Å². The van der Waals surface area contributed by atoms with Crippen LogP contribution in [-0.2, 0) is 14.3 Å². The zero-order chi connectivity index (χ0) is 14.3. The Bertz CT molecular complexity index is 465. The molecular formula is C14H17NO4. The molecule has 1 aromatic rings. The summed E-state index contributed by atoms with van der Waals surface area (Å²) in [5.74, 6) is -0.704. The van der Waals surface area contributed by atoms with Crippen molar-refractivity contribution in [1.82, 2.24) is 0 Å². The van der Waals surface area contributed by atoms with Gasteiger partial charge in [-0.15, -0.1) is 0 Å². The number of aromatic hydroxyl groups is 1. The van der Waals surface area contributed by atoms with Gasteiger partial charge in [0.15, 0.2) is 0 Å². The molecule has 3 N–H and O–H groups in total. The van der Waals surface area contributed by atoms with E-state index in [-0.39, 0.29) is 23.8 Å². The molecule has 0 saturated carbocycles. The van der Waals surface area contributed by atoms with Gasteiger partial charge in [-0.2, -0.15) is 0 Å². The number of aldehydes is 1. The van der Waals surface area contributed by atoms with Gasteiger partial charge < -0.3 is 15.6 Å². The second-order valence-corrected chi connectivity index (χ2v) is 3.96. The van der Waals surface area contributed by atoms with E-state index in [2.05, 4.69) is 0 Å². The smallest absolute Gasteiger partial charge is 0.306 e. The van der Waals surface area contributed by atoms with Gasteiger partial charge in [0.25, 0.3) is 0 Å². The Hall–Kier alpha value is -2.30. The summed E-state index contributed by atoms with van der Waals surface area (Å²) in [6.07, 6.45) is 1.85. The van der Waals surface area contributed by atoms with Crippen molar-refractivity contribution in [3.05, 3.63) is 41.6 Å². The number of hydrogen-bond acceptors (Lipinski definition) is 5. The van der Waals surface area contributed by atoms with Crippen LogP contribution in [0.5, 0.6) is 5.75 Å². The molecule has 0 aliphatic rings. The number of benzene rings is 1. The Balaban J connectivity index is 2.98. The molecule has 0 fully saturated rings. The molecule has 0 amide bonds. The fourth-order valence-electron chi connectivity index (χ4n) is 1.72. The Morgan fingerprint density at radius 2 is 2.05 bits per heavy atom. The number of carbonyl (C=O) groups is 2. The van der Waals surface area contributed by atoms with Crippen LogP contribution in [0.15, 0.2) is 36.0 Å². The number of phenolic OH excluding ortho intramolecular Hbond substituents is 1. The Morgan fingerprint density at radius 1 is 1.42 bits per heavy atom. The lowest BCUT2D eigenvalue weighted by atomic mass is 9.92. The van der Waals surface area contributed by atoms with Crippen LogP contribution >= 0.6 is 0 Å². The van der Waals surface area contributed by atoms with Gasteiger partial charge in [0.05, 0.1) is 13.0 Å². The van der Waals surface area contributed by atoms with Gasteiger partial charge in [0.1, 0.15) is 12.0 Å². The van der Waals surface area contributed by atoms with Crippen LogP contribution in [0, 0.1) is 0 Å². The van der Waals surface area contributed by atoms with Gasteiger partial charge in [-0.25, -0.2) is 0 Å². The Labute approximate surface area is 111 Å². The second kappa shape index (κ2) is 7.20. The van der Waals surface area contributed by atoms with Crippen LogP contribution in [-0.4, -0.2) is 24.0 Å². The number of rotatable bonds is 6. The topological polar surface area (TPSA) is 89.6 Å². The van der Waals surface area contributed by atoms with E-state index in [4.69, 9.17) is 10.5 Å². The molecule has 1 aromatic carbocycles. The number of allylic oxidation sites excluding steroid dienone is 2. The van der Waals surface area contributed by atoms with E-state index in [9.17, 15) is 14.7 Å². The van der Waals surface area contributed by atoms with Gasteiger partial charge in [-0.05, 0) is 30.7 Å². The van der Waals surface area contributed by atoms with Crippen molar-refractivity contribution in [1.29, 1.82) is 0 Å². The summed E-state index contributed by atoms with van der Waals surface area (Å²) in [5.41, 5.74) is 6.83. The molecule has 1 rings (SSSR count). The quantitative estimate of drug-likeness (QED) is 0.461. The monoisotopic (exact) mass is 263 g/mol. The molecular weight excluding hydrogens is 246 g/mol. The molecule has 19 heavy (non-hydrogen) atoms. The average molecular weight is 263 g/mol. The van der Waals surface area contributed by atoms with E-state index in [0.717, 1.165) is 5.56 Å². The maximum absolute atomic E-state index is 11.6. The van der Waals surface area contributed by atoms with Gasteiger partial charge in [-0.3, -0.25) is 9.59 Å². The lowest BCUT2D eigenvalue weighted by Crippen LogP contribution is -2.16. The van der Waals surface area contributed by atoms with Crippen molar-refractivity contribution >= 4 is 12.3 Å². The van der Waals surface area contributed by atoms with Crippen LogP contribution in [0.4, 0.5) is 0 Å². The van der Waals surface area contributed by atoms with Crippen molar-refractivity contribution in [3.63, 3.8) is 0 Å². The molecule has 5 nitrogen and oxygen atoms in total. The first-order valence-electron chi connectivity index (χ1n) is 5.93. The number of phenols is 1. The number of nitrogens with two attached hydrogens (primary N) is 1. The first-order chi connectivity index (χ1) is 9.08. The van der Waals surface area contributed by atoms with E-state index in [1.54, 1.807) is 19.1 Å². The molecule has 5 heteroatoms. The minimum absolute atomic E-state index is 0.0504. The normalized spacial score (nSPS) is 12.8. The molecule has 0 aromatic heterocycles. The zero-order valence-electron chi connectivity index (χ0n) is 10.7. The van der Waals surface area contributed by atoms with Crippen LogP contribution in [0.1, 0.15) is 24.8 Å². The highest BCUT2D eigenvalue weighted by Gasteiger charge is 2.19. The first-order valence-corrected chi connectivity index (χ1v) is 5.93. The number of esters is 1. The largest absolute Gasteiger partial charge is 0.508 e. The number of carbonyl (C=O) groups excluding carboxylic acids is 2. The van der Waals surface area contributed by atoms with Crippen LogP contribution in [0.3, 0.4) is 0 Å². The summed E-state index contributed by atoms with van der Waals surface area (Å²) in [6.45, 7) is 2.01. The third-order valence-corrected chi connectivity index (χ3v) is 2.63. The third kappa shape index (κ3) is 4.46. The summed E-state index contributed by atoms with van der Waals surface area (Å²) < 4.78 is 4.89. The molecule has 0 bridgehead atoms. The summed E-state index contributed by atoms with van der Waals surface area (Å²) in [7, 11) is 0. The average Bonchev–Trinajstić information content (AvgIpc) is 2.38. The fraction of sp³-hybridized carbons (Fsp3) is 0.286. The van der Waals surface area contributed by atoms with Gasteiger partial charge in [0, 0.05) is 11.6 Å². The molecule has 1 atom stereocenters. The Morgan fingerprint density at radius 3 is 2.58 bits per heavy atom. The molecule has 0 aliphatic carbocycles. The summed E-state index contributed by atoms with van der Waals surface area (Å²) >= 11 is 0. The highest BCUT2D eigenvalue weighted by atomic mass is 16.5. The highest BCUT2D eigenvalue weighted by Crippen LogP contribution is 2.26. The highest BCUT2D eigenvalue weighted by molar-refractivity contribution is 5.72. The standard InChI is InChI=1S/C14H17NO4/c1-2-19-14(18)9-12(13(15)7-8-16)10-3-5-11(17)6-4-10/h3-8,12,17H,2,9,15H2,1H3/t12-/m0/s1. The molecule has 0 spiro atoms. The minimum atomic E-state index is -0.440. The van der Waals surface area contributed by atoms with Gasteiger partial charge in [-0.1, -0.05) is 12.1 Å². The number of ether oxygens (including phenoxy) is 1. The molecule has 102 valence electrons. The fourth-order valence-corrected chi connectivity index (χ4v) is 1.72. The van der Waals surface area contributed by atoms with E-state index in [1.165, 1.54) is 18.2 Å². The first kappa shape index (κ1) is 14.8. The van der Waals surface area contributed by atoms with Gasteiger partial charge >= 0.3 is 5.97 Å². The predicted octanol–water partition coefficient (Wildman–Crippen LogP) is 1.47. The summed E-state index contributed by atoms with van der Waals surface area (Å²) in [4.78, 5) is 22.1. The predicted molar refractivity (Wildman–Crippen MR) is 70.4 cm³/mol. The van der Waals surface area contributed by atoms with Crippen molar-refractivity contribution in [2.75, 3.05) is 6.61 Å². The molecule has 0 aliphatic heterocycles. The second-order valence-electron chi connectivity index (χ2n) is 3.96. The minimum Gasteiger partial charge on any atom is -0.508 e. The number of hydrogen-bond donors (Lipinski definition) is 2. The summed E-state index contributed by atoms with van der Waals surface area (Å²) in [5, 5.41) is 9.25. The van der Waals surface area contributed by atoms with Crippen molar-refractivity contribution in [3.8, 4) is 5.75 Å². The maximum atomic E-state index is 11.6. The van der Waals surface area contributed by atoms with E-state index >= 15 is 0 Å². The lowest BCUT2D eigenvalue weighted by molar-refractivity contribution is -0.143. The van der Waals surface area contributed by atoms with Crippen molar-refractivity contribution in [2.45, 2.75) is 19.3 Å². The third-order valence-electron chi connectivity index (χ3n) is 2.63. The van der Waals surface area contributed by atoms with E-state index < -0.39 is 5.92 Å². The zero-order valence-corrected chi connectivity index (χ0v) is 10.7. The molecule has 0 heterocycles. The van der Waals surface area contributed by atoms with Crippen LogP contribution < -0.4 is 5.73 Å². The van der Waals surface area contributed by atoms with Crippen molar-refractivity contribution < 1.29 is 19.4 Å². The Kier molecular flexibility index (Phi) is 5.60. The summed E-state index contributed by atoms with van der Waals surface area (Å²) in [6, 6.07) is 6.32. The van der Waals surface area contributed by atoms with Gasteiger partial charge in [0.2, 0.25) is 0 Å². The van der Waals surface area contributed by atoms with Crippen molar-refractivity contribution in [2.24, 2.45) is 5.73 Å². The van der Waals surface area contributed by atoms with E-state index in [1.807, 2.05) is 0 Å². The SMILES string of the molecule is CCOC(=O)C[C@H](C(N)=CC=O)c1ccc(O)cc1. The van der Waals surface area contributed by atoms with Crippen LogP contribution in [0.2, 0.25) is 0 Å². The molecule has 0 saturated heterocycles. The lowest BCUT2D eigenvalue weighted by Gasteiger charge is -2.17. The molecule has 0 radical (unpaired) electrons. The molecule has 0 unspecified atom stereocenters. The maximum Gasteiger partial charge on any atom is 0.306 e.